The quantitative estimate of drug-likeness (QED) is 0.717. The second kappa shape index (κ2) is 4.72. The number of hydrogen-bond acceptors (Lipinski definition) is 4. The lowest BCUT2D eigenvalue weighted by molar-refractivity contribution is 0.114. The number of nitrogens with two attached hydrogens (primary N) is 1. The summed E-state index contributed by atoms with van der Waals surface area (Å²) in [6.45, 7) is 3.73. The molecule has 0 spiro atoms. The highest BCUT2D eigenvalue weighted by Gasteiger charge is 2.28. The minimum absolute atomic E-state index is 0.0735. The number of benzene rings is 1. The highest BCUT2D eigenvalue weighted by atomic mass is 16.5. The fraction of sp³-hybridized carbons (Fsp3) is 0.500. The molecule has 1 aliphatic rings. The molecular weight excluding hydrogens is 204 g/mol. The molecule has 1 aromatic rings. The van der Waals surface area contributed by atoms with Gasteiger partial charge in [0.15, 0.2) is 0 Å². The van der Waals surface area contributed by atoms with E-state index in [-0.39, 0.29) is 5.92 Å². The maximum Gasteiger partial charge on any atom is 0.142 e. The van der Waals surface area contributed by atoms with Gasteiger partial charge in [0.25, 0.3) is 0 Å². The maximum atomic E-state index is 10.1. The van der Waals surface area contributed by atoms with Crippen LogP contribution in [0.5, 0.6) is 5.75 Å². The Labute approximate surface area is 95.4 Å². The molecule has 4 nitrogen and oxygen atoms in total. The molecule has 0 saturated heterocycles. The zero-order chi connectivity index (χ0) is 11.5. The highest BCUT2D eigenvalue weighted by molar-refractivity contribution is 5.64. The number of para-hydroxylation sites is 1. The fourth-order valence-electron chi connectivity index (χ4n) is 2.07. The van der Waals surface area contributed by atoms with Gasteiger partial charge in [-0.2, -0.15) is 0 Å². The molecular formula is C12H18N2O2. The van der Waals surface area contributed by atoms with E-state index in [1.54, 1.807) is 0 Å². The molecule has 0 unspecified atom stereocenters. The van der Waals surface area contributed by atoms with E-state index in [4.69, 9.17) is 10.5 Å². The first kappa shape index (κ1) is 11.2. The number of aliphatic hydroxyl groups excluding tert-OH is 1. The monoisotopic (exact) mass is 222 g/mol. The van der Waals surface area contributed by atoms with Gasteiger partial charge in [-0.15, -0.1) is 0 Å². The lowest BCUT2D eigenvalue weighted by Gasteiger charge is -2.31. The van der Waals surface area contributed by atoms with Gasteiger partial charge < -0.3 is 20.9 Å². The Bertz CT molecular complexity index is 368. The van der Waals surface area contributed by atoms with Gasteiger partial charge in [-0.3, -0.25) is 0 Å². The van der Waals surface area contributed by atoms with Gasteiger partial charge in [0, 0.05) is 18.0 Å². The number of rotatable bonds is 3. The molecule has 16 heavy (non-hydrogen) atoms. The van der Waals surface area contributed by atoms with Crippen LogP contribution in [0.4, 0.5) is 5.69 Å². The summed E-state index contributed by atoms with van der Waals surface area (Å²) in [5, 5.41) is 13.4. The first-order valence-electron chi connectivity index (χ1n) is 5.65. The van der Waals surface area contributed by atoms with Crippen LogP contribution in [0.25, 0.3) is 0 Å². The van der Waals surface area contributed by atoms with Crippen molar-refractivity contribution < 1.29 is 9.84 Å². The Kier molecular flexibility index (Phi) is 3.31. The summed E-state index contributed by atoms with van der Waals surface area (Å²) in [6, 6.07) is 5.72. The first-order valence-corrected chi connectivity index (χ1v) is 5.65. The lowest BCUT2D eigenvalue weighted by atomic mass is 9.90. The van der Waals surface area contributed by atoms with Crippen LogP contribution in [0.2, 0.25) is 0 Å². The molecule has 0 fully saturated rings. The van der Waals surface area contributed by atoms with Gasteiger partial charge in [-0.1, -0.05) is 12.1 Å². The van der Waals surface area contributed by atoms with E-state index in [0.717, 1.165) is 17.0 Å². The van der Waals surface area contributed by atoms with Crippen LogP contribution in [0, 0.1) is 5.92 Å². The van der Waals surface area contributed by atoms with Crippen molar-refractivity contribution in [3.05, 3.63) is 23.8 Å². The number of ether oxygens (including phenoxy) is 1. The first-order chi connectivity index (χ1) is 7.77. The summed E-state index contributed by atoms with van der Waals surface area (Å²) in [4.78, 5) is 0. The molecule has 4 heteroatoms. The molecule has 2 atom stereocenters. The second-order valence-electron chi connectivity index (χ2n) is 3.97. The topological polar surface area (TPSA) is 67.5 Å². The largest absolute Gasteiger partial charge is 0.492 e. The molecule has 2 rings (SSSR count). The molecule has 88 valence electrons. The third-order valence-corrected chi connectivity index (χ3v) is 2.97. The van der Waals surface area contributed by atoms with Crippen molar-refractivity contribution in [2.75, 3.05) is 25.0 Å². The Morgan fingerprint density at radius 2 is 2.38 bits per heavy atom. The number of nitrogens with one attached hydrogen (secondary N) is 1. The van der Waals surface area contributed by atoms with Gasteiger partial charge >= 0.3 is 0 Å². The molecule has 0 aliphatic carbocycles. The third-order valence-electron chi connectivity index (χ3n) is 2.97. The van der Waals surface area contributed by atoms with Crippen LogP contribution in [0.3, 0.4) is 0 Å². The van der Waals surface area contributed by atoms with E-state index in [1.807, 2.05) is 25.1 Å². The van der Waals surface area contributed by atoms with Gasteiger partial charge in [-0.25, -0.2) is 0 Å². The van der Waals surface area contributed by atoms with Crippen LogP contribution < -0.4 is 15.8 Å². The van der Waals surface area contributed by atoms with Crippen LogP contribution in [0.1, 0.15) is 18.6 Å². The SMILES string of the molecule is CCOc1cccc2c1NC[C@H](CN)[C@H]2O. The zero-order valence-corrected chi connectivity index (χ0v) is 9.44. The molecule has 0 radical (unpaired) electrons. The molecule has 0 aromatic heterocycles. The van der Waals surface area contributed by atoms with Gasteiger partial charge in [-0.05, 0) is 19.5 Å². The zero-order valence-electron chi connectivity index (χ0n) is 9.44. The number of hydrogen-bond donors (Lipinski definition) is 3. The normalized spacial score (nSPS) is 23.4. The Balaban J connectivity index is 2.34. The van der Waals surface area contributed by atoms with E-state index < -0.39 is 6.10 Å². The van der Waals surface area contributed by atoms with Gasteiger partial charge in [0.05, 0.1) is 18.4 Å². The van der Waals surface area contributed by atoms with E-state index in [0.29, 0.717) is 19.7 Å². The van der Waals surface area contributed by atoms with Crippen molar-refractivity contribution >= 4 is 5.69 Å². The summed E-state index contributed by atoms with van der Waals surface area (Å²) < 4.78 is 5.52. The Hall–Kier alpha value is -1.26. The molecule has 1 heterocycles. The van der Waals surface area contributed by atoms with Gasteiger partial charge in [0.1, 0.15) is 5.75 Å². The van der Waals surface area contributed by atoms with E-state index in [2.05, 4.69) is 5.32 Å². The fourth-order valence-corrected chi connectivity index (χ4v) is 2.07. The highest BCUT2D eigenvalue weighted by Crippen LogP contribution is 2.38. The summed E-state index contributed by atoms with van der Waals surface area (Å²) in [7, 11) is 0. The molecule has 4 N–H and O–H groups in total. The van der Waals surface area contributed by atoms with E-state index in [9.17, 15) is 5.11 Å². The Morgan fingerprint density at radius 1 is 1.56 bits per heavy atom. The van der Waals surface area contributed by atoms with Crippen LogP contribution in [-0.2, 0) is 0 Å². The Morgan fingerprint density at radius 3 is 3.06 bits per heavy atom. The van der Waals surface area contributed by atoms with Crippen molar-refractivity contribution in [1.82, 2.24) is 0 Å². The average Bonchev–Trinajstić information content (AvgIpc) is 2.31. The van der Waals surface area contributed by atoms with Crippen LogP contribution >= 0.6 is 0 Å². The van der Waals surface area contributed by atoms with E-state index >= 15 is 0 Å². The minimum Gasteiger partial charge on any atom is -0.492 e. The molecule has 0 saturated carbocycles. The molecule has 0 bridgehead atoms. The lowest BCUT2D eigenvalue weighted by Crippen LogP contribution is -2.33. The number of fused-ring (bicyclic) bond motifs is 1. The number of aliphatic hydroxyl groups is 1. The van der Waals surface area contributed by atoms with E-state index in [1.165, 1.54) is 0 Å². The average molecular weight is 222 g/mol. The summed E-state index contributed by atoms with van der Waals surface area (Å²) in [5.41, 5.74) is 7.40. The second-order valence-corrected chi connectivity index (χ2v) is 3.97. The smallest absolute Gasteiger partial charge is 0.142 e. The third kappa shape index (κ3) is 1.86. The standard InChI is InChI=1S/C12H18N2O2/c1-2-16-10-5-3-4-9-11(10)14-7-8(6-13)12(9)15/h3-5,8,12,14-15H,2,6-7,13H2,1H3/t8-,12+/m0/s1. The maximum absolute atomic E-state index is 10.1. The van der Waals surface area contributed by atoms with Crippen molar-refractivity contribution in [3.63, 3.8) is 0 Å². The number of anilines is 1. The van der Waals surface area contributed by atoms with Gasteiger partial charge in [0.2, 0.25) is 0 Å². The summed E-state index contributed by atoms with van der Waals surface area (Å²) in [5.74, 6) is 0.874. The van der Waals surface area contributed by atoms with Crippen molar-refractivity contribution in [3.8, 4) is 5.75 Å². The molecule has 0 amide bonds. The predicted octanol–water partition coefficient (Wildman–Crippen LogP) is 1.12. The molecule has 1 aromatic carbocycles. The van der Waals surface area contributed by atoms with Crippen molar-refractivity contribution in [1.29, 1.82) is 0 Å². The summed E-state index contributed by atoms with van der Waals surface area (Å²) in [6.07, 6.45) is -0.498. The molecule has 1 aliphatic heterocycles. The summed E-state index contributed by atoms with van der Waals surface area (Å²) >= 11 is 0. The van der Waals surface area contributed by atoms with Crippen LogP contribution in [0.15, 0.2) is 18.2 Å². The van der Waals surface area contributed by atoms with Crippen LogP contribution in [-0.4, -0.2) is 24.8 Å². The van der Waals surface area contributed by atoms with Crippen molar-refractivity contribution in [2.24, 2.45) is 11.7 Å². The predicted molar refractivity (Wildman–Crippen MR) is 63.6 cm³/mol. The minimum atomic E-state index is -0.498. The van der Waals surface area contributed by atoms with Crippen molar-refractivity contribution in [2.45, 2.75) is 13.0 Å².